The second-order valence-electron chi connectivity index (χ2n) is 2.58. The van der Waals surface area contributed by atoms with Crippen LogP contribution in [0.5, 0.6) is 0 Å². The summed E-state index contributed by atoms with van der Waals surface area (Å²) < 4.78 is 12.6. The highest BCUT2D eigenvalue weighted by Crippen LogP contribution is 2.13. The summed E-state index contributed by atoms with van der Waals surface area (Å²) in [5.74, 6) is -0.542. The zero-order valence-electron chi connectivity index (χ0n) is 7.03. The van der Waals surface area contributed by atoms with Gasteiger partial charge in [-0.1, -0.05) is 0 Å². The number of hydrogen-bond acceptors (Lipinski definition) is 3. The molecule has 3 nitrogen and oxygen atoms in total. The second kappa shape index (κ2) is 3.49. The van der Waals surface area contributed by atoms with Crippen molar-refractivity contribution < 1.29 is 9.50 Å². The van der Waals surface area contributed by atoms with Crippen LogP contribution < -0.4 is 4.90 Å². The number of hydrogen-bond donors (Lipinski definition) is 1. The topological polar surface area (TPSA) is 36.4 Å². The van der Waals surface area contributed by atoms with Crippen LogP contribution in [0.3, 0.4) is 0 Å². The van der Waals surface area contributed by atoms with Gasteiger partial charge in [0.1, 0.15) is 6.23 Å². The maximum Gasteiger partial charge on any atom is 0.214 e. The number of halogens is 1. The highest BCUT2D eigenvalue weighted by Gasteiger charge is 2.06. The first-order chi connectivity index (χ1) is 5.61. The molecule has 0 fully saturated rings. The standard InChI is InChI=1S/C8H11FN2O/c1-6(12)11(2)7-3-4-10-8(9)5-7/h3-6,12H,1-2H3/t6-/m1/s1. The van der Waals surface area contributed by atoms with Gasteiger partial charge in [-0.25, -0.2) is 4.98 Å². The Bertz CT molecular complexity index is 265. The van der Waals surface area contributed by atoms with E-state index in [4.69, 9.17) is 5.11 Å². The number of aliphatic hydroxyl groups excluding tert-OH is 1. The Morgan fingerprint density at radius 1 is 1.67 bits per heavy atom. The zero-order chi connectivity index (χ0) is 9.14. The molecule has 0 aliphatic rings. The first kappa shape index (κ1) is 8.93. The quantitative estimate of drug-likeness (QED) is 0.531. The van der Waals surface area contributed by atoms with E-state index in [0.29, 0.717) is 5.69 Å². The number of aliphatic hydroxyl groups is 1. The van der Waals surface area contributed by atoms with Crippen LogP contribution in [0.25, 0.3) is 0 Å². The van der Waals surface area contributed by atoms with E-state index in [1.165, 1.54) is 12.3 Å². The molecule has 1 atom stereocenters. The minimum Gasteiger partial charge on any atom is -0.374 e. The number of rotatable bonds is 2. The van der Waals surface area contributed by atoms with Gasteiger partial charge in [0.15, 0.2) is 0 Å². The number of nitrogens with zero attached hydrogens (tertiary/aromatic N) is 2. The van der Waals surface area contributed by atoms with Gasteiger partial charge < -0.3 is 10.0 Å². The van der Waals surface area contributed by atoms with E-state index in [0.717, 1.165) is 0 Å². The molecule has 1 aromatic rings. The van der Waals surface area contributed by atoms with Crippen molar-refractivity contribution in [3.05, 3.63) is 24.3 Å². The monoisotopic (exact) mass is 170 g/mol. The van der Waals surface area contributed by atoms with E-state index in [1.54, 1.807) is 24.9 Å². The molecule has 4 heteroatoms. The molecule has 0 aromatic carbocycles. The minimum absolute atomic E-state index is 0.542. The number of anilines is 1. The van der Waals surface area contributed by atoms with Gasteiger partial charge in [-0.3, -0.25) is 0 Å². The molecule has 0 bridgehead atoms. The molecule has 1 rings (SSSR count). The summed E-state index contributed by atoms with van der Waals surface area (Å²) in [5, 5.41) is 9.15. The van der Waals surface area contributed by atoms with Gasteiger partial charge in [-0.05, 0) is 13.0 Å². The van der Waals surface area contributed by atoms with Gasteiger partial charge in [0, 0.05) is 25.0 Å². The van der Waals surface area contributed by atoms with E-state index >= 15 is 0 Å². The molecule has 0 radical (unpaired) electrons. The molecule has 1 aromatic heterocycles. The molecule has 0 unspecified atom stereocenters. The third-order valence-electron chi connectivity index (χ3n) is 1.68. The minimum atomic E-state index is -0.633. The molecule has 1 N–H and O–H groups in total. The molecule has 0 spiro atoms. The van der Waals surface area contributed by atoms with Crippen molar-refractivity contribution in [1.82, 2.24) is 4.98 Å². The molecule has 0 aliphatic heterocycles. The Balaban J connectivity index is 2.88. The van der Waals surface area contributed by atoms with Gasteiger partial charge in [0.2, 0.25) is 5.95 Å². The lowest BCUT2D eigenvalue weighted by Gasteiger charge is -2.21. The first-order valence-corrected chi connectivity index (χ1v) is 3.63. The highest BCUT2D eigenvalue weighted by molar-refractivity contribution is 5.44. The smallest absolute Gasteiger partial charge is 0.214 e. The summed E-state index contributed by atoms with van der Waals surface area (Å²) in [6, 6.07) is 2.91. The lowest BCUT2D eigenvalue weighted by Crippen LogP contribution is -2.28. The summed E-state index contributed by atoms with van der Waals surface area (Å²) >= 11 is 0. The predicted octanol–water partition coefficient (Wildman–Crippen LogP) is 0.995. The summed E-state index contributed by atoms with van der Waals surface area (Å²) in [5.41, 5.74) is 0.609. The first-order valence-electron chi connectivity index (χ1n) is 3.63. The van der Waals surface area contributed by atoms with Crippen LogP contribution in [0.15, 0.2) is 18.3 Å². The van der Waals surface area contributed by atoms with Crippen LogP contribution in [-0.4, -0.2) is 23.4 Å². The van der Waals surface area contributed by atoms with Crippen molar-refractivity contribution in [1.29, 1.82) is 0 Å². The van der Waals surface area contributed by atoms with Crippen molar-refractivity contribution in [2.24, 2.45) is 0 Å². The fraction of sp³-hybridized carbons (Fsp3) is 0.375. The third-order valence-corrected chi connectivity index (χ3v) is 1.68. The van der Waals surface area contributed by atoms with Crippen LogP contribution in [0, 0.1) is 5.95 Å². The molecule has 66 valence electrons. The normalized spacial score (nSPS) is 12.7. The van der Waals surface area contributed by atoms with Gasteiger partial charge in [-0.2, -0.15) is 4.39 Å². The Labute approximate surface area is 70.5 Å². The van der Waals surface area contributed by atoms with Gasteiger partial charge >= 0.3 is 0 Å². The lowest BCUT2D eigenvalue weighted by atomic mass is 10.3. The molecular formula is C8H11FN2O. The summed E-state index contributed by atoms with van der Waals surface area (Å²) in [6.07, 6.45) is 0.732. The van der Waals surface area contributed by atoms with E-state index in [2.05, 4.69) is 4.98 Å². The van der Waals surface area contributed by atoms with E-state index in [-0.39, 0.29) is 0 Å². The molecule has 0 aliphatic carbocycles. The third kappa shape index (κ3) is 1.92. The van der Waals surface area contributed by atoms with Crippen molar-refractivity contribution in [3.63, 3.8) is 0 Å². The van der Waals surface area contributed by atoms with Crippen molar-refractivity contribution >= 4 is 5.69 Å². The highest BCUT2D eigenvalue weighted by atomic mass is 19.1. The lowest BCUT2D eigenvalue weighted by molar-refractivity contribution is 0.195. The van der Waals surface area contributed by atoms with Gasteiger partial charge in [0.05, 0.1) is 0 Å². The van der Waals surface area contributed by atoms with Gasteiger partial charge in [0.25, 0.3) is 0 Å². The Hall–Kier alpha value is -1.16. The van der Waals surface area contributed by atoms with Crippen molar-refractivity contribution in [2.45, 2.75) is 13.2 Å². The Kier molecular flexibility index (Phi) is 2.60. The van der Waals surface area contributed by atoms with E-state index in [9.17, 15) is 4.39 Å². The van der Waals surface area contributed by atoms with Crippen LogP contribution in [-0.2, 0) is 0 Å². The second-order valence-corrected chi connectivity index (χ2v) is 2.58. The van der Waals surface area contributed by atoms with Crippen molar-refractivity contribution in [3.8, 4) is 0 Å². The summed E-state index contributed by atoms with van der Waals surface area (Å²) in [4.78, 5) is 4.95. The largest absolute Gasteiger partial charge is 0.374 e. The number of aromatic nitrogens is 1. The molecule has 0 saturated heterocycles. The van der Waals surface area contributed by atoms with E-state index in [1.807, 2.05) is 0 Å². The van der Waals surface area contributed by atoms with E-state index < -0.39 is 12.2 Å². The van der Waals surface area contributed by atoms with Crippen LogP contribution >= 0.6 is 0 Å². The average Bonchev–Trinajstić information content (AvgIpc) is 2.03. The Morgan fingerprint density at radius 2 is 2.33 bits per heavy atom. The molecule has 1 heterocycles. The molecule has 12 heavy (non-hydrogen) atoms. The fourth-order valence-corrected chi connectivity index (χ4v) is 0.827. The molecule has 0 saturated carbocycles. The SMILES string of the molecule is C[C@@H](O)N(C)c1ccnc(F)c1. The average molecular weight is 170 g/mol. The van der Waals surface area contributed by atoms with Crippen molar-refractivity contribution in [2.75, 3.05) is 11.9 Å². The molecular weight excluding hydrogens is 159 g/mol. The summed E-state index contributed by atoms with van der Waals surface area (Å²) in [7, 11) is 1.68. The van der Waals surface area contributed by atoms with Crippen LogP contribution in [0.2, 0.25) is 0 Å². The zero-order valence-corrected chi connectivity index (χ0v) is 7.03. The summed E-state index contributed by atoms with van der Waals surface area (Å²) in [6.45, 7) is 1.61. The molecule has 0 amide bonds. The number of pyridine rings is 1. The van der Waals surface area contributed by atoms with Crippen LogP contribution in [0.1, 0.15) is 6.92 Å². The fourth-order valence-electron chi connectivity index (χ4n) is 0.827. The maximum atomic E-state index is 12.6. The maximum absolute atomic E-state index is 12.6. The van der Waals surface area contributed by atoms with Crippen LogP contribution in [0.4, 0.5) is 10.1 Å². The predicted molar refractivity (Wildman–Crippen MR) is 44.3 cm³/mol. The Morgan fingerprint density at radius 3 is 2.83 bits per heavy atom. The van der Waals surface area contributed by atoms with Gasteiger partial charge in [-0.15, -0.1) is 0 Å².